The molecule has 0 aliphatic carbocycles. The highest BCUT2D eigenvalue weighted by Gasteiger charge is 2.21. The van der Waals surface area contributed by atoms with Crippen molar-refractivity contribution in [1.82, 2.24) is 14.9 Å². The minimum absolute atomic E-state index is 0.155. The number of anilines is 1. The van der Waals surface area contributed by atoms with Crippen molar-refractivity contribution in [2.75, 3.05) is 31.6 Å². The molecule has 5 nitrogen and oxygen atoms in total. The third kappa shape index (κ3) is 3.39. The summed E-state index contributed by atoms with van der Waals surface area (Å²) in [6.07, 6.45) is 5.45. The van der Waals surface area contributed by atoms with E-state index in [4.69, 9.17) is 11.6 Å². The first-order chi connectivity index (χ1) is 9.63. The van der Waals surface area contributed by atoms with Gasteiger partial charge in [-0.15, -0.1) is 0 Å². The van der Waals surface area contributed by atoms with Crippen molar-refractivity contribution in [3.63, 3.8) is 0 Å². The van der Waals surface area contributed by atoms with Crippen LogP contribution >= 0.6 is 11.6 Å². The average molecular weight is 297 g/mol. The average Bonchev–Trinajstić information content (AvgIpc) is 2.95. The molecule has 0 radical (unpaired) electrons. The van der Waals surface area contributed by atoms with E-state index >= 15 is 0 Å². The molecule has 0 spiro atoms. The van der Waals surface area contributed by atoms with Gasteiger partial charge >= 0.3 is 0 Å². The van der Waals surface area contributed by atoms with Gasteiger partial charge in [0.15, 0.2) is 0 Å². The zero-order chi connectivity index (χ0) is 14.5. The van der Waals surface area contributed by atoms with Crippen molar-refractivity contribution < 1.29 is 4.79 Å². The van der Waals surface area contributed by atoms with E-state index in [2.05, 4.69) is 16.9 Å². The van der Waals surface area contributed by atoms with E-state index < -0.39 is 0 Å². The molecule has 1 aromatic heterocycles. The maximum atomic E-state index is 12.2. The second-order valence-corrected chi connectivity index (χ2v) is 5.52. The normalized spacial score (nSPS) is 14.7. The van der Waals surface area contributed by atoms with Gasteiger partial charge in [0.05, 0.1) is 6.54 Å². The Morgan fingerprint density at radius 2 is 2.10 bits per heavy atom. The number of nitrogens with zero attached hydrogens (tertiary/aromatic N) is 4. The fourth-order valence-corrected chi connectivity index (χ4v) is 2.74. The van der Waals surface area contributed by atoms with E-state index in [0.29, 0.717) is 11.7 Å². The molecule has 1 aromatic rings. The Morgan fingerprint density at radius 1 is 1.40 bits per heavy atom. The molecule has 1 amide bonds. The Morgan fingerprint density at radius 3 is 2.75 bits per heavy atom. The fraction of sp³-hybridized carbons (Fsp3) is 0.643. The van der Waals surface area contributed by atoms with Crippen LogP contribution in [0.5, 0.6) is 0 Å². The molecule has 0 bridgehead atoms. The zero-order valence-electron chi connectivity index (χ0n) is 12.1. The first-order valence-electron chi connectivity index (χ1n) is 7.11. The lowest BCUT2D eigenvalue weighted by Gasteiger charge is -2.23. The van der Waals surface area contributed by atoms with Crippen molar-refractivity contribution in [1.29, 1.82) is 0 Å². The van der Waals surface area contributed by atoms with Gasteiger partial charge in [-0.3, -0.25) is 4.79 Å². The molecule has 20 heavy (non-hydrogen) atoms. The van der Waals surface area contributed by atoms with Crippen LogP contribution in [0.15, 0.2) is 6.33 Å². The number of hydrogen-bond acceptors (Lipinski definition) is 4. The van der Waals surface area contributed by atoms with Crippen LogP contribution < -0.4 is 4.90 Å². The molecule has 1 fully saturated rings. The highest BCUT2D eigenvalue weighted by Crippen LogP contribution is 2.24. The van der Waals surface area contributed by atoms with E-state index in [-0.39, 0.29) is 5.91 Å². The van der Waals surface area contributed by atoms with E-state index in [1.54, 1.807) is 0 Å². The van der Waals surface area contributed by atoms with Crippen LogP contribution in [0.25, 0.3) is 0 Å². The minimum Gasteiger partial charge on any atom is -0.350 e. The number of halogens is 1. The summed E-state index contributed by atoms with van der Waals surface area (Å²) in [6.45, 7) is 4.17. The summed E-state index contributed by atoms with van der Waals surface area (Å²) in [4.78, 5) is 24.3. The maximum Gasteiger partial charge on any atom is 0.242 e. The molecule has 0 unspecified atom stereocenters. The Balaban J connectivity index is 2.10. The number of amides is 1. The summed E-state index contributed by atoms with van der Waals surface area (Å²) >= 11 is 6.14. The molecular weight excluding hydrogens is 276 g/mol. The zero-order valence-corrected chi connectivity index (χ0v) is 12.9. The molecule has 110 valence electrons. The van der Waals surface area contributed by atoms with Crippen LogP contribution in [0.3, 0.4) is 0 Å². The predicted octanol–water partition coefficient (Wildman–Crippen LogP) is 2.14. The molecule has 2 rings (SSSR count). The number of carbonyl (C=O) groups is 1. The molecular formula is C14H21ClN4O. The van der Waals surface area contributed by atoms with Crippen LogP contribution in [0.4, 0.5) is 5.82 Å². The van der Waals surface area contributed by atoms with E-state index in [0.717, 1.165) is 50.2 Å². The van der Waals surface area contributed by atoms with Crippen LogP contribution in [0.1, 0.15) is 31.7 Å². The molecule has 0 N–H and O–H groups in total. The number of likely N-dealkylation sites (tertiary alicyclic amines) is 1. The van der Waals surface area contributed by atoms with Gasteiger partial charge in [-0.25, -0.2) is 9.97 Å². The second kappa shape index (κ2) is 6.88. The van der Waals surface area contributed by atoms with E-state index in [1.807, 2.05) is 16.8 Å². The molecule has 2 heterocycles. The summed E-state index contributed by atoms with van der Waals surface area (Å²) < 4.78 is 0. The highest BCUT2D eigenvalue weighted by atomic mass is 35.5. The van der Waals surface area contributed by atoms with Crippen LogP contribution in [0, 0.1) is 0 Å². The van der Waals surface area contributed by atoms with Crippen molar-refractivity contribution in [3.8, 4) is 0 Å². The standard InChI is InChI=1S/C14H21ClN4O/c1-3-6-11-13(15)16-10-17-14(11)18(2)9-12(20)19-7-4-5-8-19/h10H,3-9H2,1-2H3. The summed E-state index contributed by atoms with van der Waals surface area (Å²) in [5.41, 5.74) is 0.924. The Hall–Kier alpha value is -1.36. The number of likely N-dealkylation sites (N-methyl/N-ethyl adjacent to an activating group) is 1. The summed E-state index contributed by atoms with van der Waals surface area (Å²) in [5.74, 6) is 0.918. The first-order valence-corrected chi connectivity index (χ1v) is 7.49. The molecule has 0 atom stereocenters. The maximum absolute atomic E-state index is 12.2. The van der Waals surface area contributed by atoms with Crippen molar-refractivity contribution in [2.45, 2.75) is 32.6 Å². The second-order valence-electron chi connectivity index (χ2n) is 5.16. The topological polar surface area (TPSA) is 49.3 Å². The lowest BCUT2D eigenvalue weighted by atomic mass is 10.2. The smallest absolute Gasteiger partial charge is 0.242 e. The van der Waals surface area contributed by atoms with Gasteiger partial charge in [0.1, 0.15) is 17.3 Å². The summed E-state index contributed by atoms with van der Waals surface area (Å²) in [7, 11) is 1.88. The lowest BCUT2D eigenvalue weighted by molar-refractivity contribution is -0.128. The van der Waals surface area contributed by atoms with E-state index in [9.17, 15) is 4.79 Å². The predicted molar refractivity (Wildman–Crippen MR) is 80.1 cm³/mol. The van der Waals surface area contributed by atoms with Crippen molar-refractivity contribution in [3.05, 3.63) is 17.0 Å². The molecule has 0 saturated carbocycles. The summed E-state index contributed by atoms with van der Waals surface area (Å²) in [5, 5.41) is 0.484. The SMILES string of the molecule is CCCc1c(Cl)ncnc1N(C)CC(=O)N1CCCC1. The number of aromatic nitrogens is 2. The van der Waals surface area contributed by atoms with Gasteiger partial charge in [0.25, 0.3) is 0 Å². The molecule has 0 aromatic carbocycles. The fourth-order valence-electron chi connectivity index (χ4n) is 2.52. The number of rotatable bonds is 5. The quantitative estimate of drug-likeness (QED) is 0.781. The Bertz CT molecular complexity index is 474. The lowest BCUT2D eigenvalue weighted by Crippen LogP contribution is -2.38. The third-order valence-electron chi connectivity index (χ3n) is 3.56. The van der Waals surface area contributed by atoms with Crippen molar-refractivity contribution >= 4 is 23.3 Å². The largest absolute Gasteiger partial charge is 0.350 e. The number of carbonyl (C=O) groups excluding carboxylic acids is 1. The van der Waals surface area contributed by atoms with Crippen LogP contribution in [-0.4, -0.2) is 47.5 Å². The highest BCUT2D eigenvalue weighted by molar-refractivity contribution is 6.30. The van der Waals surface area contributed by atoms with Gasteiger partial charge in [-0.1, -0.05) is 24.9 Å². The van der Waals surface area contributed by atoms with Crippen LogP contribution in [0.2, 0.25) is 5.15 Å². The Kier molecular flexibility index (Phi) is 5.17. The molecule has 1 saturated heterocycles. The molecule has 1 aliphatic heterocycles. The van der Waals surface area contributed by atoms with Gasteiger partial charge < -0.3 is 9.80 Å². The van der Waals surface area contributed by atoms with Gasteiger partial charge in [0.2, 0.25) is 5.91 Å². The van der Waals surface area contributed by atoms with Gasteiger partial charge in [0, 0.05) is 25.7 Å². The summed E-state index contributed by atoms with van der Waals surface area (Å²) in [6, 6.07) is 0. The van der Waals surface area contributed by atoms with Gasteiger partial charge in [-0.2, -0.15) is 0 Å². The minimum atomic E-state index is 0.155. The first kappa shape index (κ1) is 15.0. The number of hydrogen-bond donors (Lipinski definition) is 0. The Labute approximate surface area is 124 Å². The molecule has 1 aliphatic rings. The van der Waals surface area contributed by atoms with Crippen molar-refractivity contribution in [2.24, 2.45) is 0 Å². The van der Waals surface area contributed by atoms with E-state index in [1.165, 1.54) is 6.33 Å². The van der Waals surface area contributed by atoms with Gasteiger partial charge in [-0.05, 0) is 19.3 Å². The third-order valence-corrected chi connectivity index (χ3v) is 3.89. The molecule has 6 heteroatoms. The monoisotopic (exact) mass is 296 g/mol. The van der Waals surface area contributed by atoms with Crippen LogP contribution in [-0.2, 0) is 11.2 Å².